The van der Waals surface area contributed by atoms with E-state index in [0.717, 1.165) is 76.7 Å². The topological polar surface area (TPSA) is 67.2 Å². The van der Waals surface area contributed by atoms with Gasteiger partial charge in [-0.05, 0) is 44.4 Å². The molecule has 0 radical (unpaired) electrons. The number of amides is 2. The van der Waals surface area contributed by atoms with E-state index in [1.165, 1.54) is 0 Å². The number of rotatable bonds is 6. The lowest BCUT2D eigenvalue weighted by Crippen LogP contribution is -2.38. The second-order valence-corrected chi connectivity index (χ2v) is 7.78. The molecule has 0 saturated carbocycles. The average molecular weight is 361 g/mol. The Bertz CT molecular complexity index is 644. The van der Waals surface area contributed by atoms with E-state index in [-0.39, 0.29) is 11.8 Å². The molecule has 1 fully saturated rings. The molecule has 3 rings (SSSR count). The lowest BCUT2D eigenvalue weighted by molar-refractivity contribution is 0.0690. The van der Waals surface area contributed by atoms with Gasteiger partial charge in [0.25, 0.3) is 11.8 Å². The molecule has 2 aliphatic heterocycles. The molecule has 6 nitrogen and oxygen atoms in total. The summed E-state index contributed by atoms with van der Waals surface area (Å²) in [5.74, 6) is 0.965. The van der Waals surface area contributed by atoms with E-state index in [9.17, 15) is 9.59 Å². The zero-order valence-electron chi connectivity index (χ0n) is 16.2. The van der Waals surface area contributed by atoms with Crippen LogP contribution in [-0.2, 0) is 13.0 Å². The summed E-state index contributed by atoms with van der Waals surface area (Å²) >= 11 is 0. The van der Waals surface area contributed by atoms with E-state index >= 15 is 0 Å². The van der Waals surface area contributed by atoms with Crippen LogP contribution in [0.25, 0.3) is 0 Å². The number of hydrogen-bond acceptors (Lipinski definition) is 3. The maximum atomic E-state index is 13.0. The number of unbranched alkanes of at least 4 members (excludes halogenated alkanes) is 2. The summed E-state index contributed by atoms with van der Waals surface area (Å²) in [7, 11) is 0. The summed E-state index contributed by atoms with van der Waals surface area (Å²) in [6, 6.07) is 0. The first kappa shape index (κ1) is 18.9. The summed E-state index contributed by atoms with van der Waals surface area (Å²) < 4.78 is 1.98. The molecular weight excluding hydrogens is 328 g/mol. The van der Waals surface area contributed by atoms with Crippen molar-refractivity contribution in [2.75, 3.05) is 19.6 Å². The van der Waals surface area contributed by atoms with Crippen LogP contribution in [0.4, 0.5) is 0 Å². The van der Waals surface area contributed by atoms with Crippen LogP contribution in [-0.4, -0.2) is 45.9 Å². The van der Waals surface area contributed by atoms with Gasteiger partial charge in [-0.3, -0.25) is 9.59 Å². The van der Waals surface area contributed by atoms with Crippen molar-refractivity contribution < 1.29 is 9.59 Å². The van der Waals surface area contributed by atoms with Gasteiger partial charge in [0, 0.05) is 26.2 Å². The number of fused-ring (bicyclic) bond motifs is 1. The fraction of sp³-hybridized carbons (Fsp3) is 0.750. The summed E-state index contributed by atoms with van der Waals surface area (Å²) in [6.45, 7) is 7.43. The van der Waals surface area contributed by atoms with Crippen molar-refractivity contribution in [1.29, 1.82) is 0 Å². The molecule has 26 heavy (non-hydrogen) atoms. The fourth-order valence-electron chi connectivity index (χ4n) is 3.91. The Labute approximate surface area is 156 Å². The van der Waals surface area contributed by atoms with E-state index in [0.29, 0.717) is 24.0 Å². The zero-order chi connectivity index (χ0) is 18.5. The van der Waals surface area contributed by atoms with Crippen LogP contribution in [0.2, 0.25) is 0 Å². The number of piperidine rings is 1. The third-order valence-electron chi connectivity index (χ3n) is 5.66. The fourth-order valence-corrected chi connectivity index (χ4v) is 3.91. The van der Waals surface area contributed by atoms with Crippen LogP contribution in [0.3, 0.4) is 0 Å². The van der Waals surface area contributed by atoms with Crippen LogP contribution >= 0.6 is 0 Å². The molecule has 1 aromatic rings. The van der Waals surface area contributed by atoms with Gasteiger partial charge in [0.1, 0.15) is 5.69 Å². The third kappa shape index (κ3) is 4.10. The second kappa shape index (κ2) is 8.69. The smallest absolute Gasteiger partial charge is 0.287 e. The number of carbonyl (C=O) groups excluding carboxylic acids is 2. The molecule has 6 heteroatoms. The predicted molar refractivity (Wildman–Crippen MR) is 101 cm³/mol. The third-order valence-corrected chi connectivity index (χ3v) is 5.66. The van der Waals surface area contributed by atoms with Crippen LogP contribution in [0.1, 0.15) is 85.6 Å². The Balaban J connectivity index is 1.77. The summed E-state index contributed by atoms with van der Waals surface area (Å²) in [4.78, 5) is 32.1. The Morgan fingerprint density at radius 3 is 2.65 bits per heavy atom. The minimum atomic E-state index is -0.143. The highest BCUT2D eigenvalue weighted by molar-refractivity contribution is 5.97. The Morgan fingerprint density at radius 2 is 1.92 bits per heavy atom. The molecule has 1 N–H and O–H groups in total. The lowest BCUT2D eigenvalue weighted by Gasteiger charge is -2.30. The molecule has 1 aromatic heterocycles. The highest BCUT2D eigenvalue weighted by Gasteiger charge is 2.30. The predicted octanol–water partition coefficient (Wildman–Crippen LogP) is 3.01. The Hall–Kier alpha value is -1.85. The number of likely N-dealkylation sites (tertiary alicyclic amines) is 1. The molecule has 0 bridgehead atoms. The molecular formula is C20H32N4O2. The Morgan fingerprint density at radius 1 is 1.15 bits per heavy atom. The van der Waals surface area contributed by atoms with Crippen LogP contribution < -0.4 is 5.32 Å². The van der Waals surface area contributed by atoms with Crippen molar-refractivity contribution in [2.45, 2.75) is 71.8 Å². The normalized spacial score (nSPS) is 17.8. The minimum absolute atomic E-state index is 0.00702. The highest BCUT2D eigenvalue weighted by Crippen LogP contribution is 2.24. The van der Waals surface area contributed by atoms with Crippen molar-refractivity contribution in [3.8, 4) is 0 Å². The Kier molecular flexibility index (Phi) is 6.33. The largest absolute Gasteiger partial charge is 0.349 e. The number of aromatic nitrogens is 2. The van der Waals surface area contributed by atoms with E-state index in [1.807, 2.05) is 9.47 Å². The number of hydrogen-bond donors (Lipinski definition) is 1. The molecule has 2 aliphatic rings. The second-order valence-electron chi connectivity index (χ2n) is 7.78. The van der Waals surface area contributed by atoms with Crippen molar-refractivity contribution in [3.63, 3.8) is 0 Å². The molecule has 0 aromatic carbocycles. The number of nitrogens with one attached hydrogen (secondary N) is 1. The SMILES string of the molecule is CCCCCNC(=O)c1nc(C(=O)N2CCC(C)CC2)c2n1CCCC2. The van der Waals surface area contributed by atoms with E-state index < -0.39 is 0 Å². The molecule has 144 valence electrons. The first-order valence-corrected chi connectivity index (χ1v) is 10.3. The summed E-state index contributed by atoms with van der Waals surface area (Å²) in [6.07, 6.45) is 8.24. The minimum Gasteiger partial charge on any atom is -0.349 e. The lowest BCUT2D eigenvalue weighted by atomic mass is 9.98. The zero-order valence-corrected chi connectivity index (χ0v) is 16.2. The van der Waals surface area contributed by atoms with E-state index in [4.69, 9.17) is 0 Å². The first-order chi connectivity index (χ1) is 12.6. The molecule has 2 amide bonds. The van der Waals surface area contributed by atoms with Crippen LogP contribution in [0.15, 0.2) is 0 Å². The van der Waals surface area contributed by atoms with Gasteiger partial charge in [-0.1, -0.05) is 26.7 Å². The van der Waals surface area contributed by atoms with Gasteiger partial charge in [-0.15, -0.1) is 0 Å². The van der Waals surface area contributed by atoms with Gasteiger partial charge >= 0.3 is 0 Å². The number of carbonyl (C=O) groups is 2. The number of imidazole rings is 1. The van der Waals surface area contributed by atoms with Crippen LogP contribution in [0.5, 0.6) is 0 Å². The number of nitrogens with zero attached hydrogens (tertiary/aromatic N) is 3. The van der Waals surface area contributed by atoms with Gasteiger partial charge in [-0.2, -0.15) is 0 Å². The molecule has 1 saturated heterocycles. The van der Waals surface area contributed by atoms with E-state index in [2.05, 4.69) is 24.1 Å². The van der Waals surface area contributed by atoms with Gasteiger partial charge in [0.05, 0.1) is 5.69 Å². The quantitative estimate of drug-likeness (QED) is 0.793. The maximum Gasteiger partial charge on any atom is 0.287 e. The molecule has 0 unspecified atom stereocenters. The van der Waals surface area contributed by atoms with Crippen molar-refractivity contribution >= 4 is 11.8 Å². The van der Waals surface area contributed by atoms with Crippen molar-refractivity contribution in [2.24, 2.45) is 5.92 Å². The molecule has 0 spiro atoms. The van der Waals surface area contributed by atoms with Gasteiger partial charge in [0.15, 0.2) is 5.82 Å². The summed E-state index contributed by atoms with van der Waals surface area (Å²) in [5.41, 5.74) is 1.47. The van der Waals surface area contributed by atoms with Crippen LogP contribution in [0, 0.1) is 5.92 Å². The van der Waals surface area contributed by atoms with Crippen molar-refractivity contribution in [3.05, 3.63) is 17.2 Å². The average Bonchev–Trinajstić information content (AvgIpc) is 3.05. The standard InChI is InChI=1S/C20H32N4O2/c1-3-4-6-11-21-19(25)18-22-17(16-8-5-7-12-24(16)18)20(26)23-13-9-15(2)10-14-23/h15H,3-14H2,1-2H3,(H,21,25). The molecule has 0 aliphatic carbocycles. The first-order valence-electron chi connectivity index (χ1n) is 10.3. The van der Waals surface area contributed by atoms with E-state index in [1.54, 1.807) is 0 Å². The van der Waals surface area contributed by atoms with Gasteiger partial charge in [-0.25, -0.2) is 4.98 Å². The highest BCUT2D eigenvalue weighted by atomic mass is 16.2. The molecule has 0 atom stereocenters. The van der Waals surface area contributed by atoms with Crippen molar-refractivity contribution in [1.82, 2.24) is 19.8 Å². The summed E-state index contributed by atoms with van der Waals surface area (Å²) in [5, 5.41) is 2.97. The maximum absolute atomic E-state index is 13.0. The monoisotopic (exact) mass is 360 g/mol. The van der Waals surface area contributed by atoms with Gasteiger partial charge in [0.2, 0.25) is 0 Å². The molecule has 3 heterocycles. The van der Waals surface area contributed by atoms with Gasteiger partial charge < -0.3 is 14.8 Å².